The molecule has 3 atom stereocenters. The largest absolute Gasteiger partial charge is 0.497 e. The monoisotopic (exact) mass is 331 g/mol. The number of esters is 1. The van der Waals surface area contributed by atoms with E-state index in [2.05, 4.69) is 5.32 Å². The van der Waals surface area contributed by atoms with E-state index in [1.807, 2.05) is 24.3 Å². The molecule has 1 N–H and O–H groups in total. The molecule has 2 aliphatic carbocycles. The maximum Gasteiger partial charge on any atom is 0.306 e. The van der Waals surface area contributed by atoms with Gasteiger partial charge in [0.2, 0.25) is 0 Å². The number of hydrogen-bond donors (Lipinski definition) is 1. The molecule has 0 heterocycles. The molecule has 1 amide bonds. The Hall–Kier alpha value is -2.04. The molecule has 0 radical (unpaired) electrons. The van der Waals surface area contributed by atoms with Gasteiger partial charge in [0, 0.05) is 13.0 Å². The smallest absolute Gasteiger partial charge is 0.306 e. The highest BCUT2D eigenvalue weighted by molar-refractivity contribution is 5.80. The van der Waals surface area contributed by atoms with Crippen molar-refractivity contribution in [2.45, 2.75) is 38.6 Å². The highest BCUT2D eigenvalue weighted by atomic mass is 16.5. The fourth-order valence-corrected chi connectivity index (χ4v) is 4.04. The van der Waals surface area contributed by atoms with E-state index in [1.165, 1.54) is 19.3 Å². The lowest BCUT2D eigenvalue weighted by Crippen LogP contribution is -2.29. The molecule has 3 rings (SSSR count). The Bertz CT molecular complexity index is 584. The maximum absolute atomic E-state index is 11.9. The highest BCUT2D eigenvalue weighted by Crippen LogP contribution is 2.49. The van der Waals surface area contributed by atoms with E-state index in [1.54, 1.807) is 7.11 Å². The van der Waals surface area contributed by atoms with Gasteiger partial charge >= 0.3 is 5.97 Å². The van der Waals surface area contributed by atoms with Crippen LogP contribution >= 0.6 is 0 Å². The minimum Gasteiger partial charge on any atom is -0.497 e. The maximum atomic E-state index is 11.9. The molecule has 0 saturated heterocycles. The Labute approximate surface area is 142 Å². The molecule has 1 aromatic carbocycles. The lowest BCUT2D eigenvalue weighted by Gasteiger charge is -2.20. The van der Waals surface area contributed by atoms with Crippen LogP contribution in [0.5, 0.6) is 5.75 Å². The van der Waals surface area contributed by atoms with E-state index in [0.717, 1.165) is 23.7 Å². The van der Waals surface area contributed by atoms with Crippen molar-refractivity contribution < 1.29 is 19.1 Å². The minimum absolute atomic E-state index is 0.199. The van der Waals surface area contributed by atoms with Crippen LogP contribution in [0.2, 0.25) is 0 Å². The molecule has 1 aromatic rings. The van der Waals surface area contributed by atoms with Crippen LogP contribution in [-0.2, 0) is 20.9 Å². The van der Waals surface area contributed by atoms with E-state index in [4.69, 9.17) is 9.47 Å². The topological polar surface area (TPSA) is 64.6 Å². The molecule has 0 spiro atoms. The number of ether oxygens (including phenoxy) is 2. The molecule has 2 bridgehead atoms. The summed E-state index contributed by atoms with van der Waals surface area (Å²) in [5.41, 5.74) is 0.970. The second-order valence-electron chi connectivity index (χ2n) is 6.92. The quantitative estimate of drug-likeness (QED) is 0.780. The van der Waals surface area contributed by atoms with Gasteiger partial charge in [-0.15, -0.1) is 0 Å². The Kier molecular flexibility index (Phi) is 5.38. The average molecular weight is 331 g/mol. The van der Waals surface area contributed by atoms with Crippen molar-refractivity contribution in [1.82, 2.24) is 5.32 Å². The van der Waals surface area contributed by atoms with Gasteiger partial charge < -0.3 is 14.8 Å². The number of amides is 1. The third-order valence-electron chi connectivity index (χ3n) is 5.33. The van der Waals surface area contributed by atoms with Crippen LogP contribution in [-0.4, -0.2) is 25.6 Å². The Morgan fingerprint density at radius 1 is 1.17 bits per heavy atom. The molecular formula is C19H25NO4. The number of carbonyl (C=O) groups is 2. The zero-order valence-electron chi connectivity index (χ0n) is 14.1. The first-order chi connectivity index (χ1) is 11.6. The summed E-state index contributed by atoms with van der Waals surface area (Å²) in [6, 6.07) is 7.47. The number of methoxy groups -OCH3 is 1. The van der Waals surface area contributed by atoms with Crippen molar-refractivity contribution in [1.29, 1.82) is 0 Å². The van der Waals surface area contributed by atoms with E-state index < -0.39 is 0 Å². The second-order valence-corrected chi connectivity index (χ2v) is 6.92. The normalized spacial score (nSPS) is 24.6. The standard InChI is InChI=1S/C19H25NO4/c1-23-17-6-3-13(4-7-17)11-20-18(21)12-24-19(22)10-16-9-14-2-5-15(16)8-14/h3-4,6-7,14-16H,2,5,8-12H2,1H3,(H,20,21)/t14-,15-,16+/m1/s1. The third kappa shape index (κ3) is 4.28. The number of fused-ring (bicyclic) bond motifs is 2. The van der Waals surface area contributed by atoms with Gasteiger partial charge in [-0.1, -0.05) is 18.6 Å². The number of benzene rings is 1. The summed E-state index contributed by atoms with van der Waals surface area (Å²) in [5, 5.41) is 2.76. The van der Waals surface area contributed by atoms with Crippen LogP contribution in [0, 0.1) is 17.8 Å². The van der Waals surface area contributed by atoms with Crippen molar-refractivity contribution >= 4 is 11.9 Å². The minimum atomic E-state index is -0.271. The highest BCUT2D eigenvalue weighted by Gasteiger charge is 2.40. The van der Waals surface area contributed by atoms with E-state index in [0.29, 0.717) is 24.8 Å². The summed E-state index contributed by atoms with van der Waals surface area (Å²) in [4.78, 5) is 23.7. The average Bonchev–Trinajstić information content (AvgIpc) is 3.21. The summed E-state index contributed by atoms with van der Waals surface area (Å²) in [6.45, 7) is 0.211. The molecule has 5 nitrogen and oxygen atoms in total. The van der Waals surface area contributed by atoms with Crippen LogP contribution < -0.4 is 10.1 Å². The van der Waals surface area contributed by atoms with E-state index in [9.17, 15) is 9.59 Å². The molecule has 2 saturated carbocycles. The van der Waals surface area contributed by atoms with Gasteiger partial charge in [-0.05, 0) is 54.7 Å². The molecule has 2 aliphatic rings. The van der Waals surface area contributed by atoms with Gasteiger partial charge in [0.05, 0.1) is 7.11 Å². The van der Waals surface area contributed by atoms with Gasteiger partial charge in [-0.3, -0.25) is 9.59 Å². The first kappa shape index (κ1) is 16.8. The first-order valence-corrected chi connectivity index (χ1v) is 8.69. The Morgan fingerprint density at radius 3 is 2.58 bits per heavy atom. The van der Waals surface area contributed by atoms with Crippen LogP contribution in [0.15, 0.2) is 24.3 Å². The zero-order chi connectivity index (χ0) is 16.9. The lowest BCUT2D eigenvalue weighted by atomic mass is 9.86. The predicted octanol–water partition coefficient (Wildman–Crippen LogP) is 2.68. The number of hydrogen-bond acceptors (Lipinski definition) is 4. The van der Waals surface area contributed by atoms with Crippen LogP contribution in [0.1, 0.15) is 37.7 Å². The predicted molar refractivity (Wildman–Crippen MR) is 89.4 cm³/mol. The van der Waals surface area contributed by atoms with Gasteiger partial charge in [-0.25, -0.2) is 0 Å². The second kappa shape index (κ2) is 7.69. The van der Waals surface area contributed by atoms with Crippen molar-refractivity contribution in [2.75, 3.05) is 13.7 Å². The zero-order valence-corrected chi connectivity index (χ0v) is 14.1. The number of nitrogens with one attached hydrogen (secondary N) is 1. The Morgan fingerprint density at radius 2 is 1.96 bits per heavy atom. The number of carbonyl (C=O) groups excluding carboxylic acids is 2. The molecule has 2 fully saturated rings. The fourth-order valence-electron chi connectivity index (χ4n) is 4.04. The van der Waals surface area contributed by atoms with Crippen molar-refractivity contribution in [3.05, 3.63) is 29.8 Å². The lowest BCUT2D eigenvalue weighted by molar-refractivity contribution is -0.149. The summed E-state index contributed by atoms with van der Waals surface area (Å²) in [7, 11) is 1.61. The van der Waals surface area contributed by atoms with E-state index in [-0.39, 0.29) is 18.5 Å². The van der Waals surface area contributed by atoms with Crippen molar-refractivity contribution in [3.8, 4) is 5.75 Å². The van der Waals surface area contributed by atoms with Gasteiger partial charge in [0.25, 0.3) is 5.91 Å². The molecule has 130 valence electrons. The molecule has 0 aromatic heterocycles. The van der Waals surface area contributed by atoms with Gasteiger partial charge in [0.1, 0.15) is 5.75 Å². The molecule has 0 aliphatic heterocycles. The van der Waals surface area contributed by atoms with Crippen LogP contribution in [0.4, 0.5) is 0 Å². The Balaban J connectivity index is 1.33. The number of rotatable bonds is 7. The van der Waals surface area contributed by atoms with Crippen molar-refractivity contribution in [2.24, 2.45) is 17.8 Å². The third-order valence-corrected chi connectivity index (χ3v) is 5.33. The molecular weight excluding hydrogens is 306 g/mol. The summed E-state index contributed by atoms with van der Waals surface area (Å²) in [6.07, 6.45) is 5.48. The first-order valence-electron chi connectivity index (χ1n) is 8.69. The van der Waals surface area contributed by atoms with E-state index >= 15 is 0 Å². The summed E-state index contributed by atoms with van der Waals surface area (Å²) in [5.74, 6) is 2.25. The SMILES string of the molecule is COc1ccc(CNC(=O)COC(=O)C[C@@H]2C[C@@H]3CC[C@@H]2C3)cc1. The fraction of sp³-hybridized carbons (Fsp3) is 0.579. The molecule has 24 heavy (non-hydrogen) atoms. The molecule has 5 heteroatoms. The van der Waals surface area contributed by atoms with Crippen LogP contribution in [0.25, 0.3) is 0 Å². The summed E-state index contributed by atoms with van der Waals surface area (Å²) < 4.78 is 10.2. The van der Waals surface area contributed by atoms with Gasteiger partial charge in [-0.2, -0.15) is 0 Å². The van der Waals surface area contributed by atoms with Gasteiger partial charge in [0.15, 0.2) is 6.61 Å². The summed E-state index contributed by atoms with van der Waals surface area (Å²) >= 11 is 0. The van der Waals surface area contributed by atoms with Crippen molar-refractivity contribution in [3.63, 3.8) is 0 Å². The molecule has 0 unspecified atom stereocenters. The van der Waals surface area contributed by atoms with Crippen LogP contribution in [0.3, 0.4) is 0 Å².